The molecule has 0 aromatic heterocycles. The average Bonchev–Trinajstić information content (AvgIpc) is 2.38. The van der Waals surface area contributed by atoms with Gasteiger partial charge in [-0.05, 0) is 12.8 Å². The summed E-state index contributed by atoms with van der Waals surface area (Å²) in [6, 6.07) is -0.569. The van der Waals surface area contributed by atoms with Gasteiger partial charge in [0.05, 0.1) is 6.61 Å². The normalized spacial score (nSPS) is 20.4. The number of piperidine rings is 1. The maximum Gasteiger partial charge on any atom is 0.241 e. The van der Waals surface area contributed by atoms with Crippen molar-refractivity contribution in [1.29, 1.82) is 0 Å². The maximum atomic E-state index is 12.0. The minimum atomic E-state index is -0.615. The molecule has 0 bridgehead atoms. The number of carbonyl (C=O) groups is 2. The standard InChI is InChI=1S/C12H23N3O3.ClH/c1-3-11(16)14-9-5-4-6-15(7-9)12(17)10(13)8-18-2;/h9-10H,3-8,13H2,1-2H3,(H,14,16);1H. The molecular weight excluding hydrogens is 270 g/mol. The molecule has 19 heavy (non-hydrogen) atoms. The topological polar surface area (TPSA) is 84.7 Å². The number of carbonyl (C=O) groups excluding carboxylic acids is 2. The fourth-order valence-electron chi connectivity index (χ4n) is 2.11. The van der Waals surface area contributed by atoms with Gasteiger partial charge >= 0.3 is 0 Å². The van der Waals surface area contributed by atoms with Gasteiger partial charge in [0.25, 0.3) is 0 Å². The van der Waals surface area contributed by atoms with Crippen LogP contribution in [0.2, 0.25) is 0 Å². The van der Waals surface area contributed by atoms with E-state index in [2.05, 4.69) is 5.32 Å². The summed E-state index contributed by atoms with van der Waals surface area (Å²) in [5.74, 6) is -0.0808. The van der Waals surface area contributed by atoms with E-state index in [1.807, 2.05) is 6.92 Å². The summed E-state index contributed by atoms with van der Waals surface area (Å²) < 4.78 is 4.88. The van der Waals surface area contributed by atoms with Crippen molar-refractivity contribution >= 4 is 24.2 Å². The first kappa shape index (κ1) is 18.1. The second kappa shape index (κ2) is 9.12. The summed E-state index contributed by atoms with van der Waals surface area (Å²) >= 11 is 0. The Morgan fingerprint density at radius 2 is 2.21 bits per heavy atom. The second-order valence-electron chi connectivity index (χ2n) is 4.61. The highest BCUT2D eigenvalue weighted by atomic mass is 35.5. The van der Waals surface area contributed by atoms with Crippen LogP contribution in [-0.2, 0) is 14.3 Å². The van der Waals surface area contributed by atoms with E-state index in [1.54, 1.807) is 4.90 Å². The molecular formula is C12H24ClN3O3. The molecule has 0 radical (unpaired) electrons. The number of nitrogens with zero attached hydrogens (tertiary/aromatic N) is 1. The van der Waals surface area contributed by atoms with Crippen LogP contribution in [0.25, 0.3) is 0 Å². The first-order valence-corrected chi connectivity index (χ1v) is 6.41. The van der Waals surface area contributed by atoms with Gasteiger partial charge < -0.3 is 20.7 Å². The molecule has 7 heteroatoms. The number of nitrogens with two attached hydrogens (primary N) is 1. The fourth-order valence-corrected chi connectivity index (χ4v) is 2.11. The maximum absolute atomic E-state index is 12.0. The molecule has 1 heterocycles. The number of hydrogen-bond acceptors (Lipinski definition) is 4. The zero-order valence-corrected chi connectivity index (χ0v) is 12.4. The van der Waals surface area contributed by atoms with Crippen LogP contribution in [0.1, 0.15) is 26.2 Å². The highest BCUT2D eigenvalue weighted by Crippen LogP contribution is 2.11. The number of amides is 2. The molecule has 2 amide bonds. The second-order valence-corrected chi connectivity index (χ2v) is 4.61. The molecule has 1 aliphatic heterocycles. The Balaban J connectivity index is 0.00000324. The van der Waals surface area contributed by atoms with E-state index >= 15 is 0 Å². The molecule has 0 spiro atoms. The minimum Gasteiger partial charge on any atom is -0.383 e. The smallest absolute Gasteiger partial charge is 0.241 e. The lowest BCUT2D eigenvalue weighted by Crippen LogP contribution is -2.54. The number of likely N-dealkylation sites (tertiary alicyclic amines) is 1. The van der Waals surface area contributed by atoms with Crippen LogP contribution in [0.15, 0.2) is 0 Å². The third-order valence-corrected chi connectivity index (χ3v) is 3.08. The lowest BCUT2D eigenvalue weighted by atomic mass is 10.0. The Morgan fingerprint density at radius 3 is 2.79 bits per heavy atom. The molecule has 1 rings (SSSR count). The van der Waals surface area contributed by atoms with Crippen LogP contribution in [0.3, 0.4) is 0 Å². The van der Waals surface area contributed by atoms with Crippen molar-refractivity contribution in [1.82, 2.24) is 10.2 Å². The fraction of sp³-hybridized carbons (Fsp3) is 0.833. The predicted molar refractivity (Wildman–Crippen MR) is 75.1 cm³/mol. The molecule has 112 valence electrons. The Hall–Kier alpha value is -0.850. The molecule has 1 fully saturated rings. The summed E-state index contributed by atoms with van der Waals surface area (Å²) in [6.07, 6.45) is 2.27. The highest BCUT2D eigenvalue weighted by Gasteiger charge is 2.27. The largest absolute Gasteiger partial charge is 0.383 e. The Bertz CT molecular complexity index is 302. The van der Waals surface area contributed by atoms with Crippen molar-refractivity contribution in [2.24, 2.45) is 5.73 Å². The lowest BCUT2D eigenvalue weighted by Gasteiger charge is -2.34. The van der Waals surface area contributed by atoms with Crippen LogP contribution in [-0.4, -0.2) is 55.6 Å². The summed E-state index contributed by atoms with van der Waals surface area (Å²) in [5.41, 5.74) is 5.73. The van der Waals surface area contributed by atoms with E-state index in [0.29, 0.717) is 19.5 Å². The van der Waals surface area contributed by atoms with Crippen LogP contribution in [0, 0.1) is 0 Å². The first-order chi connectivity index (χ1) is 8.58. The van der Waals surface area contributed by atoms with Gasteiger partial charge in [-0.3, -0.25) is 9.59 Å². The molecule has 0 aromatic rings. The summed E-state index contributed by atoms with van der Waals surface area (Å²) in [4.78, 5) is 25.0. The number of halogens is 1. The zero-order chi connectivity index (χ0) is 13.5. The van der Waals surface area contributed by atoms with Gasteiger partial charge in [0, 0.05) is 32.7 Å². The average molecular weight is 294 g/mol. The van der Waals surface area contributed by atoms with E-state index < -0.39 is 6.04 Å². The van der Waals surface area contributed by atoms with Crippen molar-refractivity contribution < 1.29 is 14.3 Å². The number of methoxy groups -OCH3 is 1. The van der Waals surface area contributed by atoms with Crippen LogP contribution in [0.4, 0.5) is 0 Å². The zero-order valence-electron chi connectivity index (χ0n) is 11.6. The molecule has 0 aromatic carbocycles. The molecule has 1 saturated heterocycles. The van der Waals surface area contributed by atoms with Gasteiger partial charge in [0.2, 0.25) is 11.8 Å². The first-order valence-electron chi connectivity index (χ1n) is 6.41. The van der Waals surface area contributed by atoms with E-state index in [-0.39, 0.29) is 36.9 Å². The van der Waals surface area contributed by atoms with E-state index in [1.165, 1.54) is 7.11 Å². The molecule has 3 N–H and O–H groups in total. The number of ether oxygens (including phenoxy) is 1. The van der Waals surface area contributed by atoms with E-state index in [0.717, 1.165) is 12.8 Å². The summed E-state index contributed by atoms with van der Waals surface area (Å²) in [6.45, 7) is 3.29. The van der Waals surface area contributed by atoms with Crippen LogP contribution >= 0.6 is 12.4 Å². The predicted octanol–water partition coefficient (Wildman–Crippen LogP) is -0.101. The third-order valence-electron chi connectivity index (χ3n) is 3.08. The highest BCUT2D eigenvalue weighted by molar-refractivity contribution is 5.85. The van der Waals surface area contributed by atoms with Gasteiger partial charge in [-0.25, -0.2) is 0 Å². The van der Waals surface area contributed by atoms with E-state index in [9.17, 15) is 9.59 Å². The van der Waals surface area contributed by atoms with E-state index in [4.69, 9.17) is 10.5 Å². The SMILES string of the molecule is CCC(=O)NC1CCCN(C(=O)C(N)COC)C1.Cl. The van der Waals surface area contributed by atoms with Crippen LogP contribution in [0.5, 0.6) is 0 Å². The minimum absolute atomic E-state index is 0. The number of rotatable bonds is 5. The number of hydrogen-bond donors (Lipinski definition) is 2. The molecule has 2 atom stereocenters. The summed E-state index contributed by atoms with van der Waals surface area (Å²) in [5, 5.41) is 2.92. The van der Waals surface area contributed by atoms with Crippen molar-refractivity contribution in [2.45, 2.75) is 38.3 Å². The Labute approximate surface area is 120 Å². The molecule has 1 aliphatic rings. The van der Waals surface area contributed by atoms with Gasteiger partial charge in [-0.1, -0.05) is 6.92 Å². The molecule has 0 saturated carbocycles. The van der Waals surface area contributed by atoms with Crippen molar-refractivity contribution in [3.63, 3.8) is 0 Å². The monoisotopic (exact) mass is 293 g/mol. The van der Waals surface area contributed by atoms with Gasteiger partial charge in [-0.15, -0.1) is 12.4 Å². The molecule has 6 nitrogen and oxygen atoms in total. The molecule has 0 aliphatic carbocycles. The van der Waals surface area contributed by atoms with Crippen LogP contribution < -0.4 is 11.1 Å². The molecule has 2 unspecified atom stereocenters. The van der Waals surface area contributed by atoms with Gasteiger partial charge in [-0.2, -0.15) is 0 Å². The van der Waals surface area contributed by atoms with Gasteiger partial charge in [0.1, 0.15) is 6.04 Å². The van der Waals surface area contributed by atoms with Crippen molar-refractivity contribution in [3.05, 3.63) is 0 Å². The van der Waals surface area contributed by atoms with Gasteiger partial charge in [0.15, 0.2) is 0 Å². The van der Waals surface area contributed by atoms with Crippen molar-refractivity contribution in [3.8, 4) is 0 Å². The Morgan fingerprint density at radius 1 is 1.53 bits per heavy atom. The summed E-state index contributed by atoms with van der Waals surface area (Å²) in [7, 11) is 1.52. The quantitative estimate of drug-likeness (QED) is 0.741. The Kier molecular flexibility index (Phi) is 8.71. The lowest BCUT2D eigenvalue weighted by molar-refractivity contribution is -0.136. The third kappa shape index (κ3) is 5.76. The number of nitrogens with one attached hydrogen (secondary N) is 1. The van der Waals surface area contributed by atoms with Crippen molar-refractivity contribution in [2.75, 3.05) is 26.8 Å².